The van der Waals surface area contributed by atoms with Crippen LogP contribution in [0.5, 0.6) is 0 Å². The molecule has 4 N–H and O–H groups in total. The molecule has 150 valence electrons. The number of fused-ring (bicyclic) bond motifs is 1. The molecule has 0 bridgehead atoms. The average Bonchev–Trinajstić information content (AvgIpc) is 2.91. The van der Waals surface area contributed by atoms with Crippen molar-refractivity contribution in [1.29, 1.82) is 0 Å². The standard InChI is InChI=1S/C21H28N4O3/c1-21(22,14-5-3-6-14)12-23-10-13-4-2-7-15-16(13)11-25(20(15)28)17-8-9-18(26)24-19(17)27/h2,4,7,14,17,23H,3,5-6,8-12,22H2,1H3,(H,24,26,27). The van der Waals surface area contributed by atoms with Crippen molar-refractivity contribution in [2.45, 2.75) is 63.7 Å². The first-order valence-electron chi connectivity index (χ1n) is 10.1. The van der Waals surface area contributed by atoms with Gasteiger partial charge in [0.15, 0.2) is 0 Å². The Bertz CT molecular complexity index is 816. The molecular weight excluding hydrogens is 356 g/mol. The molecule has 3 amide bonds. The summed E-state index contributed by atoms with van der Waals surface area (Å²) in [6.45, 7) is 3.87. The lowest BCUT2D eigenvalue weighted by Crippen LogP contribution is -2.54. The smallest absolute Gasteiger partial charge is 0.255 e. The summed E-state index contributed by atoms with van der Waals surface area (Å²) in [7, 11) is 0. The second-order valence-corrected chi connectivity index (χ2v) is 8.58. The minimum absolute atomic E-state index is 0.135. The fourth-order valence-electron chi connectivity index (χ4n) is 4.49. The Hall–Kier alpha value is -2.25. The van der Waals surface area contributed by atoms with Crippen LogP contribution < -0.4 is 16.4 Å². The fraction of sp³-hybridized carbons (Fsp3) is 0.571. The van der Waals surface area contributed by atoms with Crippen LogP contribution in [0.2, 0.25) is 0 Å². The van der Waals surface area contributed by atoms with Crippen LogP contribution in [0.4, 0.5) is 0 Å². The largest absolute Gasteiger partial charge is 0.324 e. The molecule has 7 heteroatoms. The summed E-state index contributed by atoms with van der Waals surface area (Å²) in [4.78, 5) is 38.1. The Morgan fingerprint density at radius 3 is 2.71 bits per heavy atom. The van der Waals surface area contributed by atoms with Crippen LogP contribution in [0.1, 0.15) is 60.5 Å². The van der Waals surface area contributed by atoms with E-state index in [-0.39, 0.29) is 29.7 Å². The van der Waals surface area contributed by atoms with Gasteiger partial charge in [0, 0.05) is 37.2 Å². The van der Waals surface area contributed by atoms with E-state index in [0.717, 1.165) is 17.7 Å². The third-order valence-electron chi connectivity index (χ3n) is 6.54. The van der Waals surface area contributed by atoms with Gasteiger partial charge < -0.3 is 16.0 Å². The highest BCUT2D eigenvalue weighted by Crippen LogP contribution is 2.34. The predicted molar refractivity (Wildman–Crippen MR) is 104 cm³/mol. The number of imide groups is 1. The molecule has 1 aromatic rings. The van der Waals surface area contributed by atoms with Gasteiger partial charge >= 0.3 is 0 Å². The summed E-state index contributed by atoms with van der Waals surface area (Å²) in [6.07, 6.45) is 4.31. The van der Waals surface area contributed by atoms with E-state index in [1.54, 1.807) is 4.90 Å². The molecule has 2 fully saturated rings. The quantitative estimate of drug-likeness (QED) is 0.636. The van der Waals surface area contributed by atoms with Crippen molar-refractivity contribution < 1.29 is 14.4 Å². The lowest BCUT2D eigenvalue weighted by Gasteiger charge is -2.40. The van der Waals surface area contributed by atoms with Gasteiger partial charge in [-0.2, -0.15) is 0 Å². The number of amides is 3. The van der Waals surface area contributed by atoms with E-state index in [0.29, 0.717) is 31.0 Å². The second kappa shape index (κ2) is 7.29. The molecule has 2 atom stereocenters. The summed E-state index contributed by atoms with van der Waals surface area (Å²) < 4.78 is 0. The number of carbonyl (C=O) groups is 3. The molecule has 1 saturated heterocycles. The normalized spacial score (nSPS) is 24.6. The maximum atomic E-state index is 12.9. The topological polar surface area (TPSA) is 105 Å². The third-order valence-corrected chi connectivity index (χ3v) is 6.54. The van der Waals surface area contributed by atoms with Gasteiger partial charge in [-0.1, -0.05) is 18.6 Å². The van der Waals surface area contributed by atoms with E-state index in [2.05, 4.69) is 17.6 Å². The third kappa shape index (κ3) is 3.44. The van der Waals surface area contributed by atoms with Crippen molar-refractivity contribution in [3.8, 4) is 0 Å². The Balaban J connectivity index is 1.44. The van der Waals surface area contributed by atoms with Crippen LogP contribution in [0.25, 0.3) is 0 Å². The Morgan fingerprint density at radius 2 is 2.04 bits per heavy atom. The number of nitrogens with one attached hydrogen (secondary N) is 2. The van der Waals surface area contributed by atoms with E-state index in [4.69, 9.17) is 5.73 Å². The van der Waals surface area contributed by atoms with Gasteiger partial charge in [-0.25, -0.2) is 0 Å². The molecule has 1 aliphatic carbocycles. The van der Waals surface area contributed by atoms with Gasteiger partial charge in [0.05, 0.1) is 0 Å². The van der Waals surface area contributed by atoms with Gasteiger partial charge in [0.2, 0.25) is 11.8 Å². The van der Waals surface area contributed by atoms with E-state index in [9.17, 15) is 14.4 Å². The minimum atomic E-state index is -0.579. The van der Waals surface area contributed by atoms with E-state index >= 15 is 0 Å². The van der Waals surface area contributed by atoms with Gasteiger partial charge in [0.25, 0.3) is 5.91 Å². The van der Waals surface area contributed by atoms with Gasteiger partial charge in [-0.3, -0.25) is 19.7 Å². The Morgan fingerprint density at radius 1 is 1.25 bits per heavy atom. The van der Waals surface area contributed by atoms with E-state index in [1.807, 2.05) is 18.2 Å². The molecule has 2 unspecified atom stereocenters. The highest BCUT2D eigenvalue weighted by molar-refractivity contribution is 6.05. The van der Waals surface area contributed by atoms with Gasteiger partial charge in [-0.05, 0) is 49.3 Å². The predicted octanol–water partition coefficient (Wildman–Crippen LogP) is 1.05. The number of hydrogen-bond acceptors (Lipinski definition) is 5. The van der Waals surface area contributed by atoms with Crippen molar-refractivity contribution in [3.63, 3.8) is 0 Å². The first kappa shape index (κ1) is 19.1. The zero-order valence-electron chi connectivity index (χ0n) is 16.3. The summed E-state index contributed by atoms with van der Waals surface area (Å²) in [5.74, 6) is -0.210. The molecule has 3 aliphatic rings. The SMILES string of the molecule is CC(N)(CNCc1cccc2c1CN(C1CCC(=O)NC1=O)C2=O)C1CCC1. The number of nitrogens with zero attached hydrogens (tertiary/aromatic N) is 1. The fourth-order valence-corrected chi connectivity index (χ4v) is 4.49. The summed E-state index contributed by atoms with van der Waals surface area (Å²) in [6, 6.07) is 5.14. The molecule has 0 aromatic heterocycles. The van der Waals surface area contributed by atoms with E-state index in [1.165, 1.54) is 19.3 Å². The second-order valence-electron chi connectivity index (χ2n) is 8.58. The molecule has 4 rings (SSSR count). The van der Waals surface area contributed by atoms with Crippen LogP contribution in [0.3, 0.4) is 0 Å². The van der Waals surface area contributed by atoms with Crippen LogP contribution in [0, 0.1) is 5.92 Å². The van der Waals surface area contributed by atoms with Crippen LogP contribution in [-0.2, 0) is 22.7 Å². The summed E-state index contributed by atoms with van der Waals surface area (Å²) >= 11 is 0. The van der Waals surface area contributed by atoms with Crippen LogP contribution in [0.15, 0.2) is 18.2 Å². The van der Waals surface area contributed by atoms with Crippen LogP contribution in [-0.4, -0.2) is 40.7 Å². The van der Waals surface area contributed by atoms with E-state index < -0.39 is 6.04 Å². The van der Waals surface area contributed by atoms with Crippen molar-refractivity contribution >= 4 is 17.7 Å². The number of rotatable bonds is 6. The highest BCUT2D eigenvalue weighted by atomic mass is 16.2. The van der Waals surface area contributed by atoms with Crippen molar-refractivity contribution in [3.05, 3.63) is 34.9 Å². The maximum absolute atomic E-state index is 12.9. The van der Waals surface area contributed by atoms with Crippen molar-refractivity contribution in [2.24, 2.45) is 11.7 Å². The number of piperidine rings is 1. The minimum Gasteiger partial charge on any atom is -0.324 e. The van der Waals surface area contributed by atoms with Gasteiger partial charge in [-0.15, -0.1) is 0 Å². The number of nitrogens with two attached hydrogens (primary N) is 1. The average molecular weight is 384 g/mol. The molecule has 2 aliphatic heterocycles. The van der Waals surface area contributed by atoms with Crippen molar-refractivity contribution in [2.75, 3.05) is 6.54 Å². The summed E-state index contributed by atoms with van der Waals surface area (Å²) in [5, 5.41) is 5.81. The molecule has 7 nitrogen and oxygen atoms in total. The number of benzene rings is 1. The molecule has 28 heavy (non-hydrogen) atoms. The number of carbonyl (C=O) groups excluding carboxylic acids is 3. The summed E-state index contributed by atoms with van der Waals surface area (Å²) in [5.41, 5.74) is 8.93. The molecule has 2 heterocycles. The highest BCUT2D eigenvalue weighted by Gasteiger charge is 2.40. The molecule has 0 radical (unpaired) electrons. The first-order chi connectivity index (χ1) is 13.4. The first-order valence-corrected chi connectivity index (χ1v) is 10.1. The lowest BCUT2D eigenvalue weighted by atomic mass is 9.72. The Kier molecular flexibility index (Phi) is 4.97. The number of hydrogen-bond donors (Lipinski definition) is 3. The van der Waals surface area contributed by atoms with Crippen LogP contribution >= 0.6 is 0 Å². The van der Waals surface area contributed by atoms with Gasteiger partial charge in [0.1, 0.15) is 6.04 Å². The molecule has 1 aromatic carbocycles. The molecule has 0 spiro atoms. The lowest BCUT2D eigenvalue weighted by molar-refractivity contribution is -0.136. The molecular formula is C21H28N4O3. The zero-order valence-corrected chi connectivity index (χ0v) is 16.3. The maximum Gasteiger partial charge on any atom is 0.255 e. The molecule has 1 saturated carbocycles. The Labute approximate surface area is 165 Å². The zero-order chi connectivity index (χ0) is 19.9. The monoisotopic (exact) mass is 384 g/mol. The van der Waals surface area contributed by atoms with Crippen molar-refractivity contribution in [1.82, 2.24) is 15.5 Å².